The second-order valence-electron chi connectivity index (χ2n) is 13.0. The molecule has 4 heteroatoms. The third-order valence-corrected chi connectivity index (χ3v) is 9.74. The van der Waals surface area contributed by atoms with Crippen molar-refractivity contribution < 1.29 is 0 Å². The molecule has 6 aromatic carbocycles. The minimum atomic E-state index is -0.0679. The number of nitrogens with zero attached hydrogens (tertiary/aromatic N) is 3. The number of hydrogen-bond donors (Lipinski definition) is 1. The van der Waals surface area contributed by atoms with Crippen LogP contribution in [-0.2, 0) is 25.2 Å². The highest BCUT2D eigenvalue weighted by Gasteiger charge is 2.36. The zero-order chi connectivity index (χ0) is 31.3. The van der Waals surface area contributed by atoms with Crippen LogP contribution in [-0.4, -0.2) is 14.7 Å². The Morgan fingerprint density at radius 2 is 1.15 bits per heavy atom. The molecule has 1 aromatic heterocycles. The average molecular weight is 599 g/mol. The molecule has 0 radical (unpaired) electrons. The van der Waals surface area contributed by atoms with Crippen LogP contribution in [0.25, 0.3) is 44.1 Å². The minimum Gasteiger partial charge on any atom is -0.325 e. The molecule has 4 nitrogen and oxygen atoms in total. The van der Waals surface area contributed by atoms with Crippen LogP contribution in [0.3, 0.4) is 0 Å². The van der Waals surface area contributed by atoms with Crippen molar-refractivity contribution >= 4 is 21.8 Å². The van der Waals surface area contributed by atoms with Crippen molar-refractivity contribution in [3.63, 3.8) is 0 Å². The molecule has 2 N–H and O–H groups in total. The molecule has 0 atom stereocenters. The van der Waals surface area contributed by atoms with Gasteiger partial charge < -0.3 is 4.57 Å². The van der Waals surface area contributed by atoms with Gasteiger partial charge in [-0.15, -0.1) is 0 Å². The molecule has 226 valence electrons. The fraction of sp³-hybridized carbons (Fsp3) is 0.143. The number of fused-ring (bicyclic) bond motifs is 6. The molecule has 1 aliphatic rings. The van der Waals surface area contributed by atoms with E-state index in [0.29, 0.717) is 19.8 Å². The van der Waals surface area contributed by atoms with Crippen LogP contribution >= 0.6 is 0 Å². The third kappa shape index (κ3) is 4.92. The van der Waals surface area contributed by atoms with E-state index in [0.717, 1.165) is 0 Å². The summed E-state index contributed by atoms with van der Waals surface area (Å²) in [4.78, 5) is 0. The molecule has 0 unspecified atom stereocenters. The van der Waals surface area contributed by atoms with E-state index < -0.39 is 0 Å². The topological polar surface area (TPSA) is 37.4 Å². The Morgan fingerprint density at radius 1 is 0.543 bits per heavy atom. The van der Waals surface area contributed by atoms with E-state index in [-0.39, 0.29) is 5.41 Å². The van der Waals surface area contributed by atoms with Gasteiger partial charge in [-0.25, -0.2) is 5.01 Å². The second kappa shape index (κ2) is 11.4. The van der Waals surface area contributed by atoms with Crippen molar-refractivity contribution in [1.82, 2.24) is 14.7 Å². The van der Waals surface area contributed by atoms with Gasteiger partial charge in [0.1, 0.15) is 0 Å². The van der Waals surface area contributed by atoms with Gasteiger partial charge >= 0.3 is 0 Å². The normalized spacial score (nSPS) is 13.5. The Bertz CT molecular complexity index is 2170. The number of hydrazine groups is 2. The molecule has 46 heavy (non-hydrogen) atoms. The lowest BCUT2D eigenvalue weighted by atomic mass is 9.82. The predicted octanol–water partition coefficient (Wildman–Crippen LogP) is 9.52. The molecular weight excluding hydrogens is 560 g/mol. The summed E-state index contributed by atoms with van der Waals surface area (Å²) < 4.78 is 2.47. The molecule has 0 bridgehead atoms. The lowest BCUT2D eigenvalue weighted by Crippen LogP contribution is -2.47. The summed E-state index contributed by atoms with van der Waals surface area (Å²) in [6, 6.07) is 52.4. The monoisotopic (exact) mass is 598 g/mol. The molecular formula is C42H38N4. The van der Waals surface area contributed by atoms with Gasteiger partial charge in [0.2, 0.25) is 0 Å². The lowest BCUT2D eigenvalue weighted by Gasteiger charge is -2.32. The summed E-state index contributed by atoms with van der Waals surface area (Å²) in [6.45, 7) is 6.60. The Hall–Kier alpha value is -5.00. The van der Waals surface area contributed by atoms with Crippen molar-refractivity contribution in [2.24, 2.45) is 5.84 Å². The summed E-state index contributed by atoms with van der Waals surface area (Å²) >= 11 is 0. The summed E-state index contributed by atoms with van der Waals surface area (Å²) in [6.07, 6.45) is 0. The van der Waals surface area contributed by atoms with Gasteiger partial charge in [0.25, 0.3) is 0 Å². The summed E-state index contributed by atoms with van der Waals surface area (Å²) in [7, 11) is 0. The second-order valence-corrected chi connectivity index (χ2v) is 13.0. The first kappa shape index (κ1) is 28.5. The van der Waals surface area contributed by atoms with Gasteiger partial charge in [-0.2, -0.15) is 5.12 Å². The predicted molar refractivity (Wildman–Crippen MR) is 191 cm³/mol. The molecule has 0 fully saturated rings. The maximum atomic E-state index is 6.96. The van der Waals surface area contributed by atoms with Crippen LogP contribution in [0.2, 0.25) is 0 Å². The average Bonchev–Trinajstić information content (AvgIpc) is 3.52. The quantitative estimate of drug-likeness (QED) is 0.140. The fourth-order valence-corrected chi connectivity index (χ4v) is 7.30. The van der Waals surface area contributed by atoms with E-state index in [2.05, 4.69) is 163 Å². The van der Waals surface area contributed by atoms with Gasteiger partial charge in [0, 0.05) is 22.7 Å². The molecule has 8 rings (SSSR count). The first-order valence-electron chi connectivity index (χ1n) is 16.1. The van der Waals surface area contributed by atoms with Crippen LogP contribution in [0.1, 0.15) is 36.1 Å². The molecule has 1 heterocycles. The van der Waals surface area contributed by atoms with Crippen LogP contribution < -0.4 is 5.84 Å². The number of rotatable bonds is 8. The minimum absolute atomic E-state index is 0.0679. The SMILES string of the molecule is CC1(C)c2ccccc2-c2cc3c(cc21)c1ccc(-c2ccccc2)cc1n3CN(Cc1ccccc1)N(N)Cc1ccccc1. The van der Waals surface area contributed by atoms with Crippen LogP contribution in [0.15, 0.2) is 146 Å². The lowest BCUT2D eigenvalue weighted by molar-refractivity contribution is -0.0665. The Labute approximate surface area is 270 Å². The fourth-order valence-electron chi connectivity index (χ4n) is 7.30. The summed E-state index contributed by atoms with van der Waals surface area (Å²) in [5, 5.41) is 6.69. The highest BCUT2D eigenvalue weighted by Crippen LogP contribution is 2.50. The zero-order valence-electron chi connectivity index (χ0n) is 26.4. The first-order valence-corrected chi connectivity index (χ1v) is 16.1. The molecule has 0 aliphatic heterocycles. The van der Waals surface area contributed by atoms with Crippen molar-refractivity contribution in [1.29, 1.82) is 0 Å². The smallest absolute Gasteiger partial charge is 0.0908 e. The van der Waals surface area contributed by atoms with E-state index in [1.165, 1.54) is 66.3 Å². The first-order chi connectivity index (χ1) is 22.5. The molecule has 0 amide bonds. The van der Waals surface area contributed by atoms with E-state index in [1.807, 2.05) is 11.2 Å². The molecule has 0 saturated heterocycles. The molecule has 0 spiro atoms. The highest BCUT2D eigenvalue weighted by molar-refractivity contribution is 6.11. The van der Waals surface area contributed by atoms with Gasteiger partial charge in [-0.05, 0) is 62.7 Å². The van der Waals surface area contributed by atoms with Crippen molar-refractivity contribution in [3.05, 3.63) is 168 Å². The van der Waals surface area contributed by atoms with Crippen LogP contribution in [0.5, 0.6) is 0 Å². The van der Waals surface area contributed by atoms with E-state index in [9.17, 15) is 0 Å². The van der Waals surface area contributed by atoms with Gasteiger partial charge in [-0.3, -0.25) is 5.84 Å². The van der Waals surface area contributed by atoms with Crippen LogP contribution in [0, 0.1) is 0 Å². The van der Waals surface area contributed by atoms with E-state index >= 15 is 0 Å². The standard InChI is InChI=1S/C42H38N4/c1-42(2)38-21-13-12-20-34(38)36-26-41-37(25-39(36)42)35-23-22-33(32-18-10-5-11-19-32)24-40(35)45(41)29-44(27-30-14-6-3-7-15-30)46(43)28-31-16-8-4-9-17-31/h3-26H,27-29,43H2,1-2H3. The maximum Gasteiger partial charge on any atom is 0.0908 e. The largest absolute Gasteiger partial charge is 0.325 e. The summed E-state index contributed by atoms with van der Waals surface area (Å²) in [5.74, 6) is 6.96. The van der Waals surface area contributed by atoms with Crippen molar-refractivity contribution in [2.45, 2.75) is 39.0 Å². The zero-order valence-corrected chi connectivity index (χ0v) is 26.4. The number of hydrogen-bond acceptors (Lipinski definition) is 3. The molecule has 7 aromatic rings. The van der Waals surface area contributed by atoms with Gasteiger partial charge in [0.15, 0.2) is 0 Å². The molecule has 0 saturated carbocycles. The van der Waals surface area contributed by atoms with E-state index in [4.69, 9.17) is 5.84 Å². The van der Waals surface area contributed by atoms with E-state index in [1.54, 1.807) is 0 Å². The Balaban J connectivity index is 1.32. The van der Waals surface area contributed by atoms with Crippen molar-refractivity contribution in [2.75, 3.05) is 0 Å². The maximum absolute atomic E-state index is 6.96. The molecule has 1 aliphatic carbocycles. The van der Waals surface area contributed by atoms with Gasteiger partial charge in [0.05, 0.1) is 24.2 Å². The highest BCUT2D eigenvalue weighted by atomic mass is 15.8. The summed E-state index contributed by atoms with van der Waals surface area (Å²) in [5.41, 5.74) is 12.6. The number of aromatic nitrogens is 1. The third-order valence-electron chi connectivity index (χ3n) is 9.74. The van der Waals surface area contributed by atoms with Crippen LogP contribution in [0.4, 0.5) is 0 Å². The Morgan fingerprint density at radius 3 is 1.87 bits per heavy atom. The number of nitrogens with two attached hydrogens (primary N) is 1. The Kier molecular flexibility index (Phi) is 7.07. The van der Waals surface area contributed by atoms with Crippen molar-refractivity contribution in [3.8, 4) is 22.3 Å². The number of benzene rings is 6. The van der Waals surface area contributed by atoms with Gasteiger partial charge in [-0.1, -0.05) is 141 Å².